The summed E-state index contributed by atoms with van der Waals surface area (Å²) in [6.07, 6.45) is 4.42. The lowest BCUT2D eigenvalue weighted by Crippen LogP contribution is -2.40. The first kappa shape index (κ1) is 14.2. The lowest BCUT2D eigenvalue weighted by atomic mass is 10.2. The standard InChI is InChI=1S/C15H16FNO3/c1-20-15(19)13-3-2-10-17(13)14(18)9-6-11-4-7-12(16)8-5-11/h4-9,13H,2-3,10H2,1H3. The first-order valence-corrected chi connectivity index (χ1v) is 6.44. The Balaban J connectivity index is 2.04. The zero-order valence-corrected chi connectivity index (χ0v) is 11.2. The summed E-state index contributed by atoms with van der Waals surface area (Å²) in [5, 5.41) is 0. The van der Waals surface area contributed by atoms with Crippen LogP contribution in [0.2, 0.25) is 0 Å². The minimum absolute atomic E-state index is 0.234. The molecular formula is C15H16FNO3. The van der Waals surface area contributed by atoms with Gasteiger partial charge >= 0.3 is 5.97 Å². The molecule has 0 aliphatic carbocycles. The first-order valence-electron chi connectivity index (χ1n) is 6.44. The number of ether oxygens (including phenoxy) is 1. The molecular weight excluding hydrogens is 261 g/mol. The van der Waals surface area contributed by atoms with Crippen molar-refractivity contribution in [2.75, 3.05) is 13.7 Å². The largest absolute Gasteiger partial charge is 0.467 e. The number of esters is 1. The number of likely N-dealkylation sites (tertiary alicyclic amines) is 1. The molecule has 1 heterocycles. The summed E-state index contributed by atoms with van der Waals surface area (Å²) < 4.78 is 17.5. The van der Waals surface area contributed by atoms with Crippen LogP contribution in [0.4, 0.5) is 4.39 Å². The maximum atomic E-state index is 12.8. The maximum absolute atomic E-state index is 12.8. The number of hydrogen-bond donors (Lipinski definition) is 0. The van der Waals surface area contributed by atoms with Gasteiger partial charge in [0, 0.05) is 12.6 Å². The Kier molecular flexibility index (Phi) is 4.50. The number of methoxy groups -OCH3 is 1. The van der Waals surface area contributed by atoms with Crippen LogP contribution in [0.3, 0.4) is 0 Å². The molecule has 20 heavy (non-hydrogen) atoms. The molecule has 0 N–H and O–H groups in total. The third kappa shape index (κ3) is 3.23. The Morgan fingerprint density at radius 1 is 1.35 bits per heavy atom. The van der Waals surface area contributed by atoms with Crippen LogP contribution in [0.15, 0.2) is 30.3 Å². The predicted molar refractivity (Wildman–Crippen MR) is 72.2 cm³/mol. The molecule has 4 nitrogen and oxygen atoms in total. The molecule has 1 unspecified atom stereocenters. The lowest BCUT2D eigenvalue weighted by Gasteiger charge is -2.20. The van der Waals surface area contributed by atoms with Gasteiger partial charge in [0.1, 0.15) is 11.9 Å². The van der Waals surface area contributed by atoms with Gasteiger partial charge in [-0.3, -0.25) is 4.79 Å². The number of hydrogen-bond acceptors (Lipinski definition) is 3. The fraction of sp³-hybridized carbons (Fsp3) is 0.333. The van der Waals surface area contributed by atoms with Crippen molar-refractivity contribution in [1.82, 2.24) is 4.90 Å². The highest BCUT2D eigenvalue weighted by molar-refractivity contribution is 5.95. The van der Waals surface area contributed by atoms with E-state index in [1.54, 1.807) is 18.2 Å². The average molecular weight is 277 g/mol. The van der Waals surface area contributed by atoms with Crippen LogP contribution >= 0.6 is 0 Å². The van der Waals surface area contributed by atoms with Gasteiger partial charge in [-0.05, 0) is 36.6 Å². The van der Waals surface area contributed by atoms with Gasteiger partial charge in [-0.25, -0.2) is 9.18 Å². The summed E-state index contributed by atoms with van der Waals surface area (Å²) in [5.74, 6) is -0.938. The summed E-state index contributed by atoms with van der Waals surface area (Å²) in [5.41, 5.74) is 0.730. The Hall–Kier alpha value is -2.17. The number of benzene rings is 1. The van der Waals surface area contributed by atoms with Crippen molar-refractivity contribution in [3.05, 3.63) is 41.7 Å². The molecule has 2 rings (SSSR count). The fourth-order valence-electron chi connectivity index (χ4n) is 2.25. The summed E-state index contributed by atoms with van der Waals surface area (Å²) >= 11 is 0. The molecule has 1 aliphatic heterocycles. The molecule has 0 saturated carbocycles. The lowest BCUT2D eigenvalue weighted by molar-refractivity contribution is -0.149. The molecule has 1 saturated heterocycles. The third-order valence-electron chi connectivity index (χ3n) is 3.30. The quantitative estimate of drug-likeness (QED) is 0.627. The number of rotatable bonds is 3. The number of carbonyl (C=O) groups excluding carboxylic acids is 2. The van der Waals surface area contributed by atoms with E-state index in [0.717, 1.165) is 12.0 Å². The van der Waals surface area contributed by atoms with Crippen LogP contribution in [0.25, 0.3) is 6.08 Å². The van der Waals surface area contributed by atoms with E-state index in [1.807, 2.05) is 0 Å². The molecule has 1 atom stereocenters. The van der Waals surface area contributed by atoms with E-state index in [4.69, 9.17) is 4.74 Å². The Labute approximate surface area is 116 Å². The summed E-state index contributed by atoms with van der Waals surface area (Å²) in [6, 6.07) is 5.33. The van der Waals surface area contributed by atoms with Crippen LogP contribution in [-0.4, -0.2) is 36.5 Å². The van der Waals surface area contributed by atoms with E-state index < -0.39 is 6.04 Å². The van der Waals surface area contributed by atoms with Gasteiger partial charge in [-0.1, -0.05) is 12.1 Å². The van der Waals surface area contributed by atoms with Gasteiger partial charge in [0.15, 0.2) is 0 Å². The highest BCUT2D eigenvalue weighted by Crippen LogP contribution is 2.19. The molecule has 0 spiro atoms. The highest BCUT2D eigenvalue weighted by Gasteiger charge is 2.33. The smallest absolute Gasteiger partial charge is 0.328 e. The Bertz CT molecular complexity index is 524. The molecule has 1 amide bonds. The number of halogens is 1. The van der Waals surface area contributed by atoms with Gasteiger partial charge in [-0.2, -0.15) is 0 Å². The Morgan fingerprint density at radius 3 is 2.70 bits per heavy atom. The van der Waals surface area contributed by atoms with Crippen molar-refractivity contribution in [2.24, 2.45) is 0 Å². The number of amides is 1. The molecule has 106 valence electrons. The van der Waals surface area contributed by atoms with Crippen LogP contribution in [-0.2, 0) is 14.3 Å². The minimum atomic E-state index is -0.495. The van der Waals surface area contributed by atoms with E-state index in [9.17, 15) is 14.0 Å². The normalized spacial score (nSPS) is 18.5. The summed E-state index contributed by atoms with van der Waals surface area (Å²) in [6.45, 7) is 0.548. The molecule has 1 fully saturated rings. The van der Waals surface area contributed by atoms with Crippen LogP contribution in [0.1, 0.15) is 18.4 Å². The second-order valence-corrected chi connectivity index (χ2v) is 4.60. The van der Waals surface area contributed by atoms with Crippen LogP contribution in [0, 0.1) is 5.82 Å². The van der Waals surface area contributed by atoms with Gasteiger partial charge in [0.05, 0.1) is 7.11 Å². The maximum Gasteiger partial charge on any atom is 0.328 e. The highest BCUT2D eigenvalue weighted by atomic mass is 19.1. The van der Waals surface area contributed by atoms with E-state index in [0.29, 0.717) is 13.0 Å². The van der Waals surface area contributed by atoms with Crippen LogP contribution < -0.4 is 0 Å². The molecule has 1 aliphatic rings. The van der Waals surface area contributed by atoms with Crippen LogP contribution in [0.5, 0.6) is 0 Å². The van der Waals surface area contributed by atoms with Crippen molar-refractivity contribution < 1.29 is 18.7 Å². The van der Waals surface area contributed by atoms with E-state index in [2.05, 4.69) is 0 Å². The summed E-state index contributed by atoms with van der Waals surface area (Å²) in [7, 11) is 1.32. The van der Waals surface area contributed by atoms with E-state index in [1.165, 1.54) is 30.2 Å². The third-order valence-corrected chi connectivity index (χ3v) is 3.30. The molecule has 5 heteroatoms. The second-order valence-electron chi connectivity index (χ2n) is 4.60. The van der Waals surface area contributed by atoms with Crippen molar-refractivity contribution in [2.45, 2.75) is 18.9 Å². The predicted octanol–water partition coefficient (Wildman–Crippen LogP) is 2.00. The van der Waals surface area contributed by atoms with E-state index >= 15 is 0 Å². The zero-order chi connectivity index (χ0) is 14.5. The molecule has 1 aromatic carbocycles. The fourth-order valence-corrected chi connectivity index (χ4v) is 2.25. The molecule has 0 aromatic heterocycles. The van der Waals surface area contributed by atoms with Gasteiger partial charge < -0.3 is 9.64 Å². The van der Waals surface area contributed by atoms with Crippen molar-refractivity contribution in [1.29, 1.82) is 0 Å². The van der Waals surface area contributed by atoms with Crippen molar-refractivity contribution >= 4 is 18.0 Å². The van der Waals surface area contributed by atoms with Gasteiger partial charge in [-0.15, -0.1) is 0 Å². The average Bonchev–Trinajstić information content (AvgIpc) is 2.95. The number of carbonyl (C=O) groups is 2. The molecule has 0 radical (unpaired) electrons. The van der Waals surface area contributed by atoms with Crippen molar-refractivity contribution in [3.8, 4) is 0 Å². The molecule has 1 aromatic rings. The molecule has 0 bridgehead atoms. The SMILES string of the molecule is COC(=O)C1CCCN1C(=O)C=Cc1ccc(F)cc1. The second kappa shape index (κ2) is 6.32. The summed E-state index contributed by atoms with van der Waals surface area (Å²) in [4.78, 5) is 25.1. The minimum Gasteiger partial charge on any atom is -0.467 e. The monoisotopic (exact) mass is 277 g/mol. The van der Waals surface area contributed by atoms with Crippen molar-refractivity contribution in [3.63, 3.8) is 0 Å². The number of nitrogens with zero attached hydrogens (tertiary/aromatic N) is 1. The van der Waals surface area contributed by atoms with E-state index in [-0.39, 0.29) is 17.7 Å². The Morgan fingerprint density at radius 2 is 2.05 bits per heavy atom. The van der Waals surface area contributed by atoms with Gasteiger partial charge in [0.25, 0.3) is 0 Å². The topological polar surface area (TPSA) is 46.6 Å². The first-order chi connectivity index (χ1) is 9.61. The zero-order valence-electron chi connectivity index (χ0n) is 11.2. The van der Waals surface area contributed by atoms with Gasteiger partial charge in [0.2, 0.25) is 5.91 Å².